The van der Waals surface area contributed by atoms with E-state index in [0.717, 1.165) is 41.2 Å². The molecule has 1 aliphatic heterocycles. The molecule has 0 saturated carbocycles. The first-order valence-corrected chi connectivity index (χ1v) is 9.41. The van der Waals surface area contributed by atoms with E-state index in [1.165, 1.54) is 11.1 Å². The lowest BCUT2D eigenvalue weighted by Gasteiger charge is -2.31. The first kappa shape index (κ1) is 19.0. The van der Waals surface area contributed by atoms with E-state index in [0.29, 0.717) is 6.54 Å². The monoisotopic (exact) mass is 421 g/mol. The molecular weight excluding hydrogens is 398 g/mol. The molecule has 6 heteroatoms. The van der Waals surface area contributed by atoms with Gasteiger partial charge in [-0.1, -0.05) is 15.9 Å². The van der Waals surface area contributed by atoms with Gasteiger partial charge in [0, 0.05) is 24.1 Å². The van der Waals surface area contributed by atoms with Crippen molar-refractivity contribution >= 4 is 15.9 Å². The molecule has 1 heterocycles. The summed E-state index contributed by atoms with van der Waals surface area (Å²) in [5.74, 6) is 2.27. The molecule has 0 aromatic heterocycles. The zero-order chi connectivity index (χ0) is 18.5. The number of aliphatic hydroxyl groups is 1. The van der Waals surface area contributed by atoms with Crippen LogP contribution in [0.4, 0.5) is 0 Å². The number of β-amino-alcohol motifs (C(OH)–C–C–N with tert-alkyl or cyclic N) is 1. The fourth-order valence-corrected chi connectivity index (χ4v) is 3.44. The van der Waals surface area contributed by atoms with Crippen LogP contribution in [0.2, 0.25) is 0 Å². The van der Waals surface area contributed by atoms with Gasteiger partial charge < -0.3 is 19.3 Å². The molecule has 2 aromatic rings. The van der Waals surface area contributed by atoms with E-state index < -0.39 is 6.10 Å². The van der Waals surface area contributed by atoms with Crippen LogP contribution < -0.4 is 14.2 Å². The zero-order valence-corrected chi connectivity index (χ0v) is 16.7. The summed E-state index contributed by atoms with van der Waals surface area (Å²) in [6, 6.07) is 11.7. The normalized spacial score (nSPS) is 15.2. The van der Waals surface area contributed by atoms with Crippen molar-refractivity contribution in [2.45, 2.75) is 19.1 Å². The quantitative estimate of drug-likeness (QED) is 0.743. The van der Waals surface area contributed by atoms with Crippen LogP contribution in [0, 0.1) is 0 Å². The number of fused-ring (bicyclic) bond motifs is 1. The van der Waals surface area contributed by atoms with Crippen LogP contribution in [0.5, 0.6) is 17.2 Å². The number of aliphatic hydroxyl groups excluding tert-OH is 1. The topological polar surface area (TPSA) is 51.2 Å². The van der Waals surface area contributed by atoms with Gasteiger partial charge in [-0.25, -0.2) is 0 Å². The third kappa shape index (κ3) is 4.69. The Hall–Kier alpha value is -1.76. The molecule has 0 saturated heterocycles. The lowest BCUT2D eigenvalue weighted by atomic mass is 9.98. The molecule has 1 N–H and O–H groups in total. The lowest BCUT2D eigenvalue weighted by Crippen LogP contribution is -2.38. The second-order valence-corrected chi connectivity index (χ2v) is 7.30. The first-order valence-electron chi connectivity index (χ1n) is 8.61. The first-order chi connectivity index (χ1) is 12.6. The van der Waals surface area contributed by atoms with Gasteiger partial charge in [0.1, 0.15) is 18.5 Å². The van der Waals surface area contributed by atoms with E-state index >= 15 is 0 Å². The molecule has 0 radical (unpaired) electrons. The number of hydrogen-bond donors (Lipinski definition) is 1. The predicted molar refractivity (Wildman–Crippen MR) is 104 cm³/mol. The third-order valence-corrected chi connectivity index (χ3v) is 5.05. The fourth-order valence-electron chi connectivity index (χ4n) is 3.17. The Kier molecular flexibility index (Phi) is 6.40. The Morgan fingerprint density at radius 2 is 1.73 bits per heavy atom. The smallest absolute Gasteiger partial charge is 0.161 e. The van der Waals surface area contributed by atoms with Crippen LogP contribution in [0.3, 0.4) is 0 Å². The van der Waals surface area contributed by atoms with Crippen molar-refractivity contribution < 1.29 is 19.3 Å². The molecule has 0 unspecified atom stereocenters. The van der Waals surface area contributed by atoms with E-state index in [1.807, 2.05) is 30.3 Å². The largest absolute Gasteiger partial charge is 0.493 e. The number of halogens is 1. The van der Waals surface area contributed by atoms with E-state index in [2.05, 4.69) is 26.9 Å². The highest BCUT2D eigenvalue weighted by atomic mass is 79.9. The maximum atomic E-state index is 10.3. The molecule has 26 heavy (non-hydrogen) atoms. The van der Waals surface area contributed by atoms with Crippen molar-refractivity contribution in [2.75, 3.05) is 33.9 Å². The standard InChI is InChI=1S/C20H24BrNO4/c1-24-19-9-14-7-8-22(11-15(14)10-20(19)25-2)12-17(23)13-26-18-5-3-16(21)4-6-18/h3-6,9-10,17,23H,7-8,11-13H2,1-2H3/t17-/m0/s1. The number of benzene rings is 2. The van der Waals surface area contributed by atoms with Crippen LogP contribution in [0.25, 0.3) is 0 Å². The van der Waals surface area contributed by atoms with Crippen molar-refractivity contribution in [3.63, 3.8) is 0 Å². The average Bonchev–Trinajstić information content (AvgIpc) is 2.66. The Bertz CT molecular complexity index is 735. The highest BCUT2D eigenvalue weighted by Gasteiger charge is 2.21. The van der Waals surface area contributed by atoms with E-state index in [-0.39, 0.29) is 6.61 Å². The van der Waals surface area contributed by atoms with Gasteiger partial charge in [-0.15, -0.1) is 0 Å². The summed E-state index contributed by atoms with van der Waals surface area (Å²) < 4.78 is 17.4. The Balaban J connectivity index is 1.55. The summed E-state index contributed by atoms with van der Waals surface area (Å²) in [7, 11) is 3.30. The third-order valence-electron chi connectivity index (χ3n) is 4.52. The number of nitrogens with zero attached hydrogens (tertiary/aromatic N) is 1. The van der Waals surface area contributed by atoms with Gasteiger partial charge in [-0.05, 0) is 53.9 Å². The van der Waals surface area contributed by atoms with Gasteiger partial charge in [-0.2, -0.15) is 0 Å². The second-order valence-electron chi connectivity index (χ2n) is 6.38. The molecule has 0 spiro atoms. The molecule has 1 aliphatic rings. The van der Waals surface area contributed by atoms with Gasteiger partial charge in [0.2, 0.25) is 0 Å². The van der Waals surface area contributed by atoms with Gasteiger partial charge in [-0.3, -0.25) is 4.90 Å². The number of ether oxygens (including phenoxy) is 3. The van der Waals surface area contributed by atoms with Crippen molar-refractivity contribution in [2.24, 2.45) is 0 Å². The molecule has 140 valence electrons. The summed E-state index contributed by atoms with van der Waals surface area (Å²) in [5, 5.41) is 10.3. The number of hydrogen-bond acceptors (Lipinski definition) is 5. The molecule has 0 fully saturated rings. The minimum atomic E-state index is -0.541. The SMILES string of the molecule is COc1cc2c(cc1OC)CN(C[C@H](O)COc1ccc(Br)cc1)CC2. The van der Waals surface area contributed by atoms with Crippen LogP contribution in [-0.2, 0) is 13.0 Å². The molecule has 2 aromatic carbocycles. The maximum Gasteiger partial charge on any atom is 0.161 e. The van der Waals surface area contributed by atoms with E-state index in [4.69, 9.17) is 14.2 Å². The summed E-state index contributed by atoms with van der Waals surface area (Å²) in [5.41, 5.74) is 2.49. The molecule has 1 atom stereocenters. The van der Waals surface area contributed by atoms with Gasteiger partial charge in [0.25, 0.3) is 0 Å². The predicted octanol–water partition coefficient (Wildman–Crippen LogP) is 3.26. The lowest BCUT2D eigenvalue weighted by molar-refractivity contribution is 0.0637. The van der Waals surface area contributed by atoms with Crippen molar-refractivity contribution in [3.05, 3.63) is 52.0 Å². The van der Waals surface area contributed by atoms with Crippen molar-refractivity contribution in [1.29, 1.82) is 0 Å². The zero-order valence-electron chi connectivity index (χ0n) is 15.1. The van der Waals surface area contributed by atoms with Crippen LogP contribution in [0.1, 0.15) is 11.1 Å². The number of rotatable bonds is 7. The van der Waals surface area contributed by atoms with Gasteiger partial charge in [0.15, 0.2) is 11.5 Å². The average molecular weight is 422 g/mol. The Morgan fingerprint density at radius 1 is 1.08 bits per heavy atom. The maximum absolute atomic E-state index is 10.3. The summed E-state index contributed by atoms with van der Waals surface area (Å²) in [6.45, 7) is 2.53. The summed E-state index contributed by atoms with van der Waals surface area (Å²) in [6.07, 6.45) is 0.385. The minimum Gasteiger partial charge on any atom is -0.493 e. The van der Waals surface area contributed by atoms with E-state index in [1.54, 1.807) is 14.2 Å². The molecule has 0 bridgehead atoms. The minimum absolute atomic E-state index is 0.275. The van der Waals surface area contributed by atoms with Crippen molar-refractivity contribution in [3.8, 4) is 17.2 Å². The molecule has 3 rings (SSSR count). The van der Waals surface area contributed by atoms with E-state index in [9.17, 15) is 5.11 Å². The van der Waals surface area contributed by atoms with Gasteiger partial charge in [0.05, 0.1) is 14.2 Å². The molecule has 0 amide bonds. The highest BCUT2D eigenvalue weighted by Crippen LogP contribution is 2.33. The second kappa shape index (κ2) is 8.75. The molecule has 5 nitrogen and oxygen atoms in total. The summed E-state index contributed by atoms with van der Waals surface area (Å²) >= 11 is 3.40. The molecular formula is C20H24BrNO4. The van der Waals surface area contributed by atoms with Gasteiger partial charge >= 0.3 is 0 Å². The summed E-state index contributed by atoms with van der Waals surface area (Å²) in [4.78, 5) is 2.24. The molecule has 0 aliphatic carbocycles. The van der Waals surface area contributed by atoms with Crippen molar-refractivity contribution in [1.82, 2.24) is 4.90 Å². The van der Waals surface area contributed by atoms with Crippen LogP contribution >= 0.6 is 15.9 Å². The van der Waals surface area contributed by atoms with Crippen LogP contribution in [0.15, 0.2) is 40.9 Å². The highest BCUT2D eigenvalue weighted by molar-refractivity contribution is 9.10. The Labute approximate surface area is 162 Å². The van der Waals surface area contributed by atoms with Crippen LogP contribution in [-0.4, -0.2) is 50.0 Å². The fraction of sp³-hybridized carbons (Fsp3) is 0.400. The number of methoxy groups -OCH3 is 2. The Morgan fingerprint density at radius 3 is 2.38 bits per heavy atom.